The number of halogens is 2. The maximum absolute atomic E-state index is 13.3. The number of aryl methyl sites for hydroxylation is 1. The summed E-state index contributed by atoms with van der Waals surface area (Å²) in [5.41, 5.74) is -0.253. The van der Waals surface area contributed by atoms with Gasteiger partial charge in [0, 0.05) is 13.1 Å². The van der Waals surface area contributed by atoms with Crippen LogP contribution in [0.1, 0.15) is 10.4 Å². The Morgan fingerprint density at radius 3 is 2.76 bits per heavy atom. The van der Waals surface area contributed by atoms with E-state index < -0.39 is 17.5 Å². The molecule has 1 aromatic carbocycles. The summed E-state index contributed by atoms with van der Waals surface area (Å²) in [6, 6.07) is 2.72. The molecule has 5 nitrogen and oxygen atoms in total. The number of carbonyl (C=O) groups excluding carboxylic acids is 1. The van der Waals surface area contributed by atoms with Crippen molar-refractivity contribution in [3.63, 3.8) is 0 Å². The SMILES string of the molecule is Cn1ncc(NC(=O)c2ccc(F)cc2F)n1. The maximum atomic E-state index is 13.3. The molecule has 7 heteroatoms. The minimum atomic E-state index is -0.925. The third-order valence-corrected chi connectivity index (χ3v) is 2.02. The topological polar surface area (TPSA) is 59.8 Å². The summed E-state index contributed by atoms with van der Waals surface area (Å²) < 4.78 is 25.9. The van der Waals surface area contributed by atoms with Gasteiger partial charge in [0.2, 0.25) is 0 Å². The molecule has 88 valence electrons. The molecule has 0 atom stereocenters. The van der Waals surface area contributed by atoms with E-state index in [4.69, 9.17) is 0 Å². The third-order valence-electron chi connectivity index (χ3n) is 2.02. The number of nitrogens with one attached hydrogen (secondary N) is 1. The number of hydrogen-bond donors (Lipinski definition) is 1. The summed E-state index contributed by atoms with van der Waals surface area (Å²) in [6.45, 7) is 0. The lowest BCUT2D eigenvalue weighted by Gasteiger charge is -2.02. The summed E-state index contributed by atoms with van der Waals surface area (Å²) >= 11 is 0. The summed E-state index contributed by atoms with van der Waals surface area (Å²) in [7, 11) is 1.58. The minimum absolute atomic E-state index is 0.196. The highest BCUT2D eigenvalue weighted by molar-refractivity contribution is 6.03. The zero-order valence-electron chi connectivity index (χ0n) is 8.82. The van der Waals surface area contributed by atoms with Crippen molar-refractivity contribution in [2.45, 2.75) is 0 Å². The number of rotatable bonds is 2. The molecule has 0 bridgehead atoms. The number of nitrogens with zero attached hydrogens (tertiary/aromatic N) is 3. The fourth-order valence-corrected chi connectivity index (χ4v) is 1.26. The Hall–Kier alpha value is -2.31. The molecule has 1 amide bonds. The van der Waals surface area contributed by atoms with Crippen molar-refractivity contribution < 1.29 is 13.6 Å². The van der Waals surface area contributed by atoms with E-state index in [0.717, 1.165) is 12.1 Å². The molecule has 0 saturated heterocycles. The Labute approximate surface area is 95.1 Å². The van der Waals surface area contributed by atoms with Crippen molar-refractivity contribution in [1.29, 1.82) is 0 Å². The van der Waals surface area contributed by atoms with Crippen LogP contribution in [0, 0.1) is 11.6 Å². The Morgan fingerprint density at radius 2 is 2.18 bits per heavy atom. The number of anilines is 1. The number of aromatic nitrogens is 3. The average molecular weight is 238 g/mol. The van der Waals surface area contributed by atoms with Gasteiger partial charge in [-0.25, -0.2) is 8.78 Å². The van der Waals surface area contributed by atoms with E-state index in [-0.39, 0.29) is 11.4 Å². The van der Waals surface area contributed by atoms with E-state index >= 15 is 0 Å². The normalized spacial score (nSPS) is 10.3. The second kappa shape index (κ2) is 4.28. The van der Waals surface area contributed by atoms with E-state index in [1.165, 1.54) is 11.0 Å². The summed E-state index contributed by atoms with van der Waals surface area (Å²) in [6.07, 6.45) is 1.32. The second-order valence-electron chi connectivity index (χ2n) is 3.30. The Morgan fingerprint density at radius 1 is 1.41 bits per heavy atom. The Bertz CT molecular complexity index is 567. The Kier molecular flexibility index (Phi) is 2.82. The van der Waals surface area contributed by atoms with Crippen LogP contribution in [0.3, 0.4) is 0 Å². The molecule has 0 aliphatic heterocycles. The van der Waals surface area contributed by atoms with Gasteiger partial charge in [-0.2, -0.15) is 9.90 Å². The van der Waals surface area contributed by atoms with Gasteiger partial charge in [-0.1, -0.05) is 0 Å². The standard InChI is InChI=1S/C10H8F2N4O/c1-16-13-5-9(15-16)14-10(17)7-3-2-6(11)4-8(7)12/h2-5H,1H3,(H,14,15,17). The molecule has 1 aromatic heterocycles. The molecule has 17 heavy (non-hydrogen) atoms. The van der Waals surface area contributed by atoms with Crippen LogP contribution in [0.15, 0.2) is 24.4 Å². The van der Waals surface area contributed by atoms with Crippen LogP contribution in [0.5, 0.6) is 0 Å². The van der Waals surface area contributed by atoms with Crippen LogP contribution in [-0.2, 0) is 7.05 Å². The average Bonchev–Trinajstić information content (AvgIpc) is 2.63. The van der Waals surface area contributed by atoms with Crippen LogP contribution in [0.4, 0.5) is 14.6 Å². The number of hydrogen-bond acceptors (Lipinski definition) is 3. The smallest absolute Gasteiger partial charge is 0.259 e. The van der Waals surface area contributed by atoms with E-state index in [1.54, 1.807) is 7.05 Å². The third kappa shape index (κ3) is 2.44. The van der Waals surface area contributed by atoms with Crippen molar-refractivity contribution in [1.82, 2.24) is 15.0 Å². The molecule has 0 aliphatic rings. The largest absolute Gasteiger partial charge is 0.304 e. The summed E-state index contributed by atoms with van der Waals surface area (Å²) in [5.74, 6) is -2.17. The quantitative estimate of drug-likeness (QED) is 0.859. The lowest BCUT2D eigenvalue weighted by molar-refractivity contribution is 0.102. The monoisotopic (exact) mass is 238 g/mol. The van der Waals surface area contributed by atoms with Gasteiger partial charge in [0.25, 0.3) is 5.91 Å². The molecule has 0 unspecified atom stereocenters. The molecule has 1 N–H and O–H groups in total. The van der Waals surface area contributed by atoms with Gasteiger partial charge in [-0.05, 0) is 12.1 Å². The molecule has 0 radical (unpaired) electrons. The fraction of sp³-hybridized carbons (Fsp3) is 0.100. The van der Waals surface area contributed by atoms with Gasteiger partial charge >= 0.3 is 0 Å². The summed E-state index contributed by atoms with van der Waals surface area (Å²) in [5, 5.41) is 9.88. The van der Waals surface area contributed by atoms with Crippen LogP contribution in [-0.4, -0.2) is 20.9 Å². The molecular weight excluding hydrogens is 230 g/mol. The van der Waals surface area contributed by atoms with Gasteiger partial charge < -0.3 is 5.32 Å². The molecule has 2 rings (SSSR count). The summed E-state index contributed by atoms with van der Waals surface area (Å²) in [4.78, 5) is 12.9. The molecule has 0 saturated carbocycles. The van der Waals surface area contributed by atoms with Crippen LogP contribution >= 0.6 is 0 Å². The highest BCUT2D eigenvalue weighted by Crippen LogP contribution is 2.11. The Balaban J connectivity index is 2.20. The van der Waals surface area contributed by atoms with Crippen molar-refractivity contribution in [3.05, 3.63) is 41.6 Å². The minimum Gasteiger partial charge on any atom is -0.304 e. The lowest BCUT2D eigenvalue weighted by Crippen LogP contribution is -2.14. The first-order valence-corrected chi connectivity index (χ1v) is 4.69. The van der Waals surface area contributed by atoms with Crippen molar-refractivity contribution in [2.24, 2.45) is 7.05 Å². The van der Waals surface area contributed by atoms with E-state index in [2.05, 4.69) is 15.5 Å². The molecule has 2 aromatic rings. The molecule has 0 fully saturated rings. The predicted octanol–water partition coefficient (Wildman–Crippen LogP) is 1.35. The van der Waals surface area contributed by atoms with E-state index in [1.807, 2.05) is 0 Å². The first-order chi connectivity index (χ1) is 8.06. The van der Waals surface area contributed by atoms with Gasteiger partial charge in [0.05, 0.1) is 11.8 Å². The van der Waals surface area contributed by atoms with Gasteiger partial charge in [-0.3, -0.25) is 4.79 Å². The second-order valence-corrected chi connectivity index (χ2v) is 3.30. The fourth-order valence-electron chi connectivity index (χ4n) is 1.26. The molecule has 1 heterocycles. The van der Waals surface area contributed by atoms with Gasteiger partial charge in [0.15, 0.2) is 5.82 Å². The maximum Gasteiger partial charge on any atom is 0.259 e. The van der Waals surface area contributed by atoms with Crippen molar-refractivity contribution >= 4 is 11.7 Å². The van der Waals surface area contributed by atoms with E-state index in [0.29, 0.717) is 6.07 Å². The van der Waals surface area contributed by atoms with E-state index in [9.17, 15) is 13.6 Å². The lowest BCUT2D eigenvalue weighted by atomic mass is 10.2. The van der Waals surface area contributed by atoms with Gasteiger partial charge in [-0.15, -0.1) is 5.10 Å². The van der Waals surface area contributed by atoms with Crippen molar-refractivity contribution in [3.8, 4) is 0 Å². The highest BCUT2D eigenvalue weighted by Gasteiger charge is 2.13. The first kappa shape index (κ1) is 11.2. The van der Waals surface area contributed by atoms with Crippen LogP contribution < -0.4 is 5.32 Å². The molecule has 0 spiro atoms. The number of amides is 1. The van der Waals surface area contributed by atoms with Crippen LogP contribution in [0.2, 0.25) is 0 Å². The van der Waals surface area contributed by atoms with Crippen LogP contribution in [0.25, 0.3) is 0 Å². The zero-order valence-corrected chi connectivity index (χ0v) is 8.82. The van der Waals surface area contributed by atoms with Gasteiger partial charge in [0.1, 0.15) is 11.6 Å². The number of carbonyl (C=O) groups is 1. The predicted molar refractivity (Wildman–Crippen MR) is 55.3 cm³/mol. The first-order valence-electron chi connectivity index (χ1n) is 4.69. The molecule has 0 aliphatic carbocycles. The van der Waals surface area contributed by atoms with Crippen molar-refractivity contribution in [2.75, 3.05) is 5.32 Å². The highest BCUT2D eigenvalue weighted by atomic mass is 19.1. The zero-order chi connectivity index (χ0) is 12.4. The molecular formula is C10H8F2N4O. The number of benzene rings is 1.